The number of esters is 1. The number of carbonyl (C=O) groups is 2. The number of hydrogen-bond acceptors (Lipinski definition) is 3. The molecule has 0 spiro atoms. The van der Waals surface area contributed by atoms with Gasteiger partial charge < -0.3 is 10.1 Å². The number of ether oxygens (including phenoxy) is 1. The van der Waals surface area contributed by atoms with Crippen molar-refractivity contribution in [2.45, 2.75) is 0 Å². The van der Waals surface area contributed by atoms with Crippen molar-refractivity contribution < 1.29 is 14.3 Å². The molecule has 3 aromatic rings. The third kappa shape index (κ3) is 3.93. The topological polar surface area (TPSA) is 55.4 Å². The van der Waals surface area contributed by atoms with Gasteiger partial charge in [0.15, 0.2) is 0 Å². The number of anilines is 1. The van der Waals surface area contributed by atoms with Gasteiger partial charge in [0.2, 0.25) is 5.91 Å². The minimum absolute atomic E-state index is 0.237. The molecule has 3 rings (SSSR count). The lowest BCUT2D eigenvalue weighted by Gasteiger charge is -2.04. The van der Waals surface area contributed by atoms with Crippen molar-refractivity contribution in [3.63, 3.8) is 0 Å². The smallest absolute Gasteiger partial charge is 0.337 e. The van der Waals surface area contributed by atoms with Crippen LogP contribution in [0.1, 0.15) is 15.9 Å². The molecule has 1 amide bonds. The molecule has 0 aliphatic heterocycles. The Labute approximate surface area is 145 Å². The minimum Gasteiger partial charge on any atom is -0.465 e. The predicted octanol–water partition coefficient (Wildman–Crippen LogP) is 4.28. The lowest BCUT2D eigenvalue weighted by atomic mass is 10.0. The molecule has 0 radical (unpaired) electrons. The van der Waals surface area contributed by atoms with E-state index in [0.29, 0.717) is 11.3 Å². The molecule has 0 fully saturated rings. The Hall–Kier alpha value is -3.40. The van der Waals surface area contributed by atoms with Crippen LogP contribution in [0.25, 0.3) is 16.8 Å². The first-order valence-electron chi connectivity index (χ1n) is 7.82. The molecule has 3 aromatic carbocycles. The Morgan fingerprint density at radius 2 is 1.64 bits per heavy atom. The molecule has 0 heterocycles. The van der Waals surface area contributed by atoms with Crippen LogP contribution in [0.5, 0.6) is 0 Å². The van der Waals surface area contributed by atoms with Crippen LogP contribution in [0.3, 0.4) is 0 Å². The Morgan fingerprint density at radius 1 is 0.920 bits per heavy atom. The third-order valence-electron chi connectivity index (χ3n) is 3.81. The Bertz CT molecular complexity index is 938. The van der Waals surface area contributed by atoms with Gasteiger partial charge >= 0.3 is 5.97 Å². The van der Waals surface area contributed by atoms with E-state index in [1.807, 2.05) is 42.5 Å². The average molecular weight is 331 g/mol. The summed E-state index contributed by atoms with van der Waals surface area (Å²) in [5.74, 6) is -0.646. The van der Waals surface area contributed by atoms with Crippen LogP contribution in [0.4, 0.5) is 5.69 Å². The lowest BCUT2D eigenvalue weighted by Crippen LogP contribution is -2.08. The number of nitrogens with one attached hydrogen (secondary N) is 1. The monoisotopic (exact) mass is 331 g/mol. The number of carbonyl (C=O) groups excluding carboxylic acids is 2. The van der Waals surface area contributed by atoms with Crippen molar-refractivity contribution in [3.8, 4) is 0 Å². The maximum Gasteiger partial charge on any atom is 0.337 e. The maximum atomic E-state index is 12.1. The summed E-state index contributed by atoms with van der Waals surface area (Å²) in [4.78, 5) is 23.5. The third-order valence-corrected chi connectivity index (χ3v) is 3.81. The molecule has 0 bridgehead atoms. The van der Waals surface area contributed by atoms with Crippen LogP contribution in [0.15, 0.2) is 72.8 Å². The number of methoxy groups -OCH3 is 1. The molecule has 124 valence electrons. The predicted molar refractivity (Wildman–Crippen MR) is 99.4 cm³/mol. The normalized spacial score (nSPS) is 10.8. The summed E-state index contributed by atoms with van der Waals surface area (Å²) in [5, 5.41) is 4.99. The van der Waals surface area contributed by atoms with Crippen LogP contribution in [0.2, 0.25) is 0 Å². The molecular formula is C21H17NO3. The standard InChI is InChI=1S/C21H17NO3/c1-25-21(24)17-9-12-18(13-10-17)22-20(23)14-11-16-7-4-6-15-5-2-3-8-19(15)16/h2-14H,1H3,(H,22,23)/b14-11+. The first-order chi connectivity index (χ1) is 12.2. The van der Waals surface area contributed by atoms with E-state index in [2.05, 4.69) is 10.1 Å². The maximum absolute atomic E-state index is 12.1. The molecular weight excluding hydrogens is 314 g/mol. The van der Waals surface area contributed by atoms with Crippen LogP contribution in [-0.2, 0) is 9.53 Å². The summed E-state index contributed by atoms with van der Waals surface area (Å²) in [5.41, 5.74) is 2.03. The van der Waals surface area contributed by atoms with E-state index in [1.54, 1.807) is 30.3 Å². The SMILES string of the molecule is COC(=O)c1ccc(NC(=O)/C=C/c2cccc3ccccc23)cc1. The van der Waals surface area contributed by atoms with E-state index in [4.69, 9.17) is 0 Å². The van der Waals surface area contributed by atoms with Crippen LogP contribution >= 0.6 is 0 Å². The van der Waals surface area contributed by atoms with Gasteiger partial charge in [-0.05, 0) is 46.7 Å². The fraction of sp³-hybridized carbons (Fsp3) is 0.0476. The number of rotatable bonds is 4. The molecule has 4 heteroatoms. The van der Waals surface area contributed by atoms with Crippen molar-refractivity contribution in [1.29, 1.82) is 0 Å². The summed E-state index contributed by atoms with van der Waals surface area (Å²) in [6.07, 6.45) is 3.29. The van der Waals surface area contributed by atoms with Gasteiger partial charge in [-0.3, -0.25) is 4.79 Å². The van der Waals surface area contributed by atoms with Crippen LogP contribution in [-0.4, -0.2) is 19.0 Å². The van der Waals surface area contributed by atoms with Crippen molar-refractivity contribution in [1.82, 2.24) is 0 Å². The van der Waals surface area contributed by atoms with Gasteiger partial charge in [0.05, 0.1) is 12.7 Å². The van der Waals surface area contributed by atoms with E-state index in [0.717, 1.165) is 16.3 Å². The van der Waals surface area contributed by atoms with E-state index < -0.39 is 5.97 Å². The fourth-order valence-corrected chi connectivity index (χ4v) is 2.55. The first-order valence-corrected chi connectivity index (χ1v) is 7.82. The minimum atomic E-state index is -0.409. The van der Waals surface area contributed by atoms with Gasteiger partial charge in [0.25, 0.3) is 0 Å². The summed E-state index contributed by atoms with van der Waals surface area (Å²) < 4.78 is 4.64. The highest BCUT2D eigenvalue weighted by Gasteiger charge is 2.05. The molecule has 0 atom stereocenters. The second-order valence-electron chi connectivity index (χ2n) is 5.46. The highest BCUT2D eigenvalue weighted by atomic mass is 16.5. The second kappa shape index (κ2) is 7.45. The highest BCUT2D eigenvalue weighted by molar-refractivity contribution is 6.03. The Balaban J connectivity index is 1.71. The zero-order chi connectivity index (χ0) is 17.6. The number of benzene rings is 3. The molecule has 0 aliphatic carbocycles. The molecule has 0 saturated carbocycles. The van der Waals surface area contributed by atoms with Gasteiger partial charge in [-0.2, -0.15) is 0 Å². The number of hydrogen-bond donors (Lipinski definition) is 1. The van der Waals surface area contributed by atoms with Crippen molar-refractivity contribution >= 4 is 34.4 Å². The van der Waals surface area contributed by atoms with Crippen molar-refractivity contribution in [2.24, 2.45) is 0 Å². The molecule has 1 N–H and O–H groups in total. The zero-order valence-electron chi connectivity index (χ0n) is 13.7. The largest absolute Gasteiger partial charge is 0.465 e. The summed E-state index contributed by atoms with van der Waals surface area (Å²) in [7, 11) is 1.33. The van der Waals surface area contributed by atoms with E-state index in [-0.39, 0.29) is 5.91 Å². The quantitative estimate of drug-likeness (QED) is 0.573. The molecule has 0 aliphatic rings. The van der Waals surface area contributed by atoms with Crippen molar-refractivity contribution in [3.05, 3.63) is 83.9 Å². The van der Waals surface area contributed by atoms with E-state index in [9.17, 15) is 9.59 Å². The fourth-order valence-electron chi connectivity index (χ4n) is 2.55. The van der Waals surface area contributed by atoms with Gasteiger partial charge in [-0.15, -0.1) is 0 Å². The van der Waals surface area contributed by atoms with Gasteiger partial charge in [-0.25, -0.2) is 4.79 Å². The van der Waals surface area contributed by atoms with Crippen molar-refractivity contribution in [2.75, 3.05) is 12.4 Å². The first kappa shape index (κ1) is 16.5. The average Bonchev–Trinajstić information content (AvgIpc) is 2.66. The summed E-state index contributed by atoms with van der Waals surface area (Å²) in [6.45, 7) is 0. The lowest BCUT2D eigenvalue weighted by molar-refractivity contribution is -0.111. The molecule has 0 aromatic heterocycles. The van der Waals surface area contributed by atoms with Crippen LogP contribution < -0.4 is 5.32 Å². The molecule has 4 nitrogen and oxygen atoms in total. The highest BCUT2D eigenvalue weighted by Crippen LogP contribution is 2.19. The van der Waals surface area contributed by atoms with Gasteiger partial charge in [-0.1, -0.05) is 42.5 Å². The zero-order valence-corrected chi connectivity index (χ0v) is 13.7. The van der Waals surface area contributed by atoms with Gasteiger partial charge in [0, 0.05) is 11.8 Å². The number of fused-ring (bicyclic) bond motifs is 1. The molecule has 0 unspecified atom stereocenters. The second-order valence-corrected chi connectivity index (χ2v) is 5.46. The van der Waals surface area contributed by atoms with Gasteiger partial charge in [0.1, 0.15) is 0 Å². The Kier molecular flexibility index (Phi) is 4.90. The Morgan fingerprint density at radius 3 is 2.40 bits per heavy atom. The van der Waals surface area contributed by atoms with E-state index >= 15 is 0 Å². The summed E-state index contributed by atoms with van der Waals surface area (Å²) >= 11 is 0. The molecule has 25 heavy (non-hydrogen) atoms. The molecule has 0 saturated heterocycles. The van der Waals surface area contributed by atoms with E-state index in [1.165, 1.54) is 13.2 Å². The number of amides is 1. The summed E-state index contributed by atoms with van der Waals surface area (Å²) in [6, 6.07) is 20.5. The van der Waals surface area contributed by atoms with Crippen LogP contribution in [0, 0.1) is 0 Å².